The zero-order valence-corrected chi connectivity index (χ0v) is 19.9. The van der Waals surface area contributed by atoms with Crippen molar-refractivity contribution in [2.24, 2.45) is 5.92 Å². The number of benzene rings is 1. The lowest BCUT2D eigenvalue weighted by molar-refractivity contribution is -0.148. The minimum Gasteiger partial charge on any atom is -0.466 e. The molecular weight excluding hydrogens is 466 g/mol. The Kier molecular flexibility index (Phi) is 7.39. The molecule has 1 N–H and O–H groups in total. The lowest BCUT2D eigenvalue weighted by Gasteiger charge is -2.32. The van der Waals surface area contributed by atoms with Crippen LogP contribution in [0.1, 0.15) is 29.4 Å². The van der Waals surface area contributed by atoms with Gasteiger partial charge in [0.25, 0.3) is 5.91 Å². The van der Waals surface area contributed by atoms with Gasteiger partial charge in [-0.2, -0.15) is 0 Å². The van der Waals surface area contributed by atoms with Gasteiger partial charge in [-0.3, -0.25) is 14.5 Å². The smallest absolute Gasteiger partial charge is 0.414 e. The lowest BCUT2D eigenvalue weighted by atomic mass is 9.96. The molecule has 4 rings (SSSR count). The second kappa shape index (κ2) is 10.4. The van der Waals surface area contributed by atoms with Crippen LogP contribution in [-0.2, 0) is 14.3 Å². The molecule has 2 fully saturated rings. The van der Waals surface area contributed by atoms with E-state index < -0.39 is 12.2 Å². The topological polar surface area (TPSA) is 88.2 Å². The fraction of sp³-hybridized carbons (Fsp3) is 0.435. The van der Waals surface area contributed by atoms with Crippen molar-refractivity contribution < 1.29 is 23.9 Å². The third-order valence-electron chi connectivity index (χ3n) is 5.80. The van der Waals surface area contributed by atoms with E-state index in [1.54, 1.807) is 17.0 Å². The standard InChI is InChI=1S/C23H26ClN3O5S/c1-2-31-22(29)15-9-11-26(12-10-15)16-3-5-17(6-4-16)27-14-18(32-23(27)30)13-25-21(28)19-7-8-20(24)33-19/h3-8,15,18H,2,9-14H2,1H3,(H,25,28)/t18-/m0/s1. The van der Waals surface area contributed by atoms with Crippen molar-refractivity contribution in [3.63, 3.8) is 0 Å². The van der Waals surface area contributed by atoms with Gasteiger partial charge in [-0.15, -0.1) is 11.3 Å². The number of amides is 2. The van der Waals surface area contributed by atoms with Crippen LogP contribution in [0.3, 0.4) is 0 Å². The number of esters is 1. The van der Waals surface area contributed by atoms with Crippen LogP contribution < -0.4 is 15.1 Å². The zero-order chi connectivity index (χ0) is 23.4. The summed E-state index contributed by atoms with van der Waals surface area (Å²) in [5.41, 5.74) is 1.79. The van der Waals surface area contributed by atoms with Crippen LogP contribution >= 0.6 is 22.9 Å². The van der Waals surface area contributed by atoms with Crippen LogP contribution in [0.25, 0.3) is 0 Å². The first-order valence-corrected chi connectivity index (χ1v) is 12.2. The first-order valence-electron chi connectivity index (χ1n) is 11.0. The van der Waals surface area contributed by atoms with Crippen molar-refractivity contribution in [2.45, 2.75) is 25.9 Å². The Balaban J connectivity index is 1.28. The minimum absolute atomic E-state index is 0.0333. The van der Waals surface area contributed by atoms with E-state index in [-0.39, 0.29) is 24.3 Å². The van der Waals surface area contributed by atoms with Gasteiger partial charge in [-0.25, -0.2) is 4.79 Å². The molecule has 33 heavy (non-hydrogen) atoms. The van der Waals surface area contributed by atoms with Crippen molar-refractivity contribution in [1.82, 2.24) is 5.32 Å². The Morgan fingerprint density at radius 1 is 1.15 bits per heavy atom. The molecule has 1 aromatic heterocycles. The van der Waals surface area contributed by atoms with Crippen molar-refractivity contribution >= 4 is 52.3 Å². The quantitative estimate of drug-likeness (QED) is 0.590. The van der Waals surface area contributed by atoms with E-state index in [0.717, 1.165) is 37.3 Å². The van der Waals surface area contributed by atoms with Crippen LogP contribution in [0, 0.1) is 5.92 Å². The molecule has 3 heterocycles. The van der Waals surface area contributed by atoms with Gasteiger partial charge in [0.2, 0.25) is 0 Å². The number of nitrogens with one attached hydrogen (secondary N) is 1. The molecule has 2 saturated heterocycles. The summed E-state index contributed by atoms with van der Waals surface area (Å²) in [6.07, 6.45) is 0.670. The Hall–Kier alpha value is -2.78. The summed E-state index contributed by atoms with van der Waals surface area (Å²) >= 11 is 7.07. The molecule has 0 unspecified atom stereocenters. The molecule has 1 aromatic carbocycles. The molecule has 0 spiro atoms. The molecule has 176 valence electrons. The summed E-state index contributed by atoms with van der Waals surface area (Å²) in [6, 6.07) is 11.1. The third-order valence-corrected chi connectivity index (χ3v) is 7.03. The Bertz CT molecular complexity index is 1000. The van der Waals surface area contributed by atoms with Gasteiger partial charge in [-0.1, -0.05) is 11.6 Å². The highest BCUT2D eigenvalue weighted by Crippen LogP contribution is 2.28. The predicted octanol–water partition coefficient (Wildman–Crippen LogP) is 3.94. The normalized spacial score (nSPS) is 18.8. The van der Waals surface area contributed by atoms with E-state index >= 15 is 0 Å². The van der Waals surface area contributed by atoms with Crippen LogP contribution in [0.15, 0.2) is 36.4 Å². The zero-order valence-electron chi connectivity index (χ0n) is 18.3. The number of thiophene rings is 1. The number of ether oxygens (including phenoxy) is 2. The Labute approximate surface area is 201 Å². The summed E-state index contributed by atoms with van der Waals surface area (Å²) < 4.78 is 11.1. The van der Waals surface area contributed by atoms with Crippen molar-refractivity contribution in [3.05, 3.63) is 45.6 Å². The summed E-state index contributed by atoms with van der Waals surface area (Å²) in [4.78, 5) is 40.8. The molecule has 2 amide bonds. The van der Waals surface area contributed by atoms with Crippen molar-refractivity contribution in [3.8, 4) is 0 Å². The first kappa shape index (κ1) is 23.4. The van der Waals surface area contributed by atoms with Gasteiger partial charge in [0.1, 0.15) is 6.10 Å². The number of hydrogen-bond acceptors (Lipinski definition) is 7. The van der Waals surface area contributed by atoms with E-state index in [0.29, 0.717) is 22.4 Å². The molecule has 0 bridgehead atoms. The second-order valence-corrected chi connectivity index (χ2v) is 9.68. The van der Waals surface area contributed by atoms with Gasteiger partial charge in [0.15, 0.2) is 0 Å². The van der Waals surface area contributed by atoms with Crippen LogP contribution in [-0.4, -0.2) is 56.9 Å². The van der Waals surface area contributed by atoms with Crippen LogP contribution in [0.4, 0.5) is 16.2 Å². The fourth-order valence-electron chi connectivity index (χ4n) is 4.05. The second-order valence-electron chi connectivity index (χ2n) is 7.96. The molecule has 0 radical (unpaired) electrons. The number of nitrogens with zero attached hydrogens (tertiary/aromatic N) is 2. The number of rotatable bonds is 7. The van der Waals surface area contributed by atoms with Crippen LogP contribution in [0.2, 0.25) is 4.34 Å². The first-order chi connectivity index (χ1) is 15.9. The molecule has 2 aromatic rings. The highest BCUT2D eigenvalue weighted by Gasteiger charge is 2.33. The number of carbonyl (C=O) groups is 3. The number of anilines is 2. The maximum atomic E-state index is 12.4. The lowest BCUT2D eigenvalue weighted by Crippen LogP contribution is -2.37. The molecule has 2 aliphatic heterocycles. The SMILES string of the molecule is CCOC(=O)C1CCN(c2ccc(N3C[C@H](CNC(=O)c4ccc(Cl)s4)OC3=O)cc2)CC1. The van der Waals surface area contributed by atoms with Gasteiger partial charge in [0, 0.05) is 24.5 Å². The summed E-state index contributed by atoms with van der Waals surface area (Å²) in [5, 5.41) is 2.79. The molecule has 0 aliphatic carbocycles. The summed E-state index contributed by atoms with van der Waals surface area (Å²) in [6.45, 7) is 4.39. The van der Waals surface area contributed by atoms with E-state index in [2.05, 4.69) is 10.2 Å². The average molecular weight is 492 g/mol. The molecule has 8 nitrogen and oxygen atoms in total. The van der Waals surface area contributed by atoms with E-state index in [4.69, 9.17) is 21.1 Å². The number of piperidine rings is 1. The molecule has 1 atom stereocenters. The molecule has 2 aliphatic rings. The van der Waals surface area contributed by atoms with E-state index in [1.807, 2.05) is 31.2 Å². The molecule has 0 saturated carbocycles. The number of halogens is 1. The third kappa shape index (κ3) is 5.59. The summed E-state index contributed by atoms with van der Waals surface area (Å²) in [5.74, 6) is -0.378. The highest BCUT2D eigenvalue weighted by atomic mass is 35.5. The van der Waals surface area contributed by atoms with Gasteiger partial charge >= 0.3 is 12.1 Å². The van der Waals surface area contributed by atoms with E-state index in [9.17, 15) is 14.4 Å². The number of carbonyl (C=O) groups excluding carboxylic acids is 3. The Morgan fingerprint density at radius 2 is 1.85 bits per heavy atom. The monoisotopic (exact) mass is 491 g/mol. The number of cyclic esters (lactones) is 1. The van der Waals surface area contributed by atoms with Gasteiger partial charge < -0.3 is 19.7 Å². The largest absolute Gasteiger partial charge is 0.466 e. The Morgan fingerprint density at radius 3 is 2.48 bits per heavy atom. The maximum absolute atomic E-state index is 12.4. The summed E-state index contributed by atoms with van der Waals surface area (Å²) in [7, 11) is 0. The van der Waals surface area contributed by atoms with Crippen LogP contribution in [0.5, 0.6) is 0 Å². The van der Waals surface area contributed by atoms with Gasteiger partial charge in [-0.05, 0) is 56.2 Å². The average Bonchev–Trinajstić information content (AvgIpc) is 3.43. The maximum Gasteiger partial charge on any atom is 0.414 e. The minimum atomic E-state index is -0.434. The molecular formula is C23H26ClN3O5S. The number of hydrogen-bond donors (Lipinski definition) is 1. The van der Waals surface area contributed by atoms with Gasteiger partial charge in [0.05, 0.1) is 34.8 Å². The molecule has 10 heteroatoms. The van der Waals surface area contributed by atoms with E-state index in [1.165, 1.54) is 11.3 Å². The van der Waals surface area contributed by atoms with Crippen molar-refractivity contribution in [1.29, 1.82) is 0 Å². The predicted molar refractivity (Wildman–Crippen MR) is 127 cm³/mol. The van der Waals surface area contributed by atoms with Crippen molar-refractivity contribution in [2.75, 3.05) is 42.6 Å². The highest BCUT2D eigenvalue weighted by molar-refractivity contribution is 7.18. The fourth-order valence-corrected chi connectivity index (χ4v) is 5.01.